The van der Waals surface area contributed by atoms with Crippen molar-refractivity contribution in [3.05, 3.63) is 41.2 Å². The SMILES string of the molecule is Cc1nc(CC(C)Oc2ccc(C)c(F)c2)n[nH]1. The molecule has 0 amide bonds. The quantitative estimate of drug-likeness (QED) is 0.906. The topological polar surface area (TPSA) is 50.8 Å². The van der Waals surface area contributed by atoms with E-state index in [1.807, 2.05) is 13.8 Å². The number of nitrogens with one attached hydrogen (secondary N) is 1. The van der Waals surface area contributed by atoms with Gasteiger partial charge in [-0.25, -0.2) is 9.37 Å². The highest BCUT2D eigenvalue weighted by Gasteiger charge is 2.10. The maximum absolute atomic E-state index is 13.4. The van der Waals surface area contributed by atoms with Gasteiger partial charge >= 0.3 is 0 Å². The van der Waals surface area contributed by atoms with Crippen LogP contribution in [-0.2, 0) is 6.42 Å². The Balaban J connectivity index is 1.98. The molecule has 2 aromatic rings. The molecule has 0 saturated heterocycles. The van der Waals surface area contributed by atoms with Gasteiger partial charge in [0.05, 0.1) is 0 Å². The monoisotopic (exact) mass is 249 g/mol. The zero-order chi connectivity index (χ0) is 13.1. The van der Waals surface area contributed by atoms with Crippen LogP contribution in [0.2, 0.25) is 0 Å². The van der Waals surface area contributed by atoms with Crippen LogP contribution >= 0.6 is 0 Å². The van der Waals surface area contributed by atoms with Crippen LogP contribution < -0.4 is 4.74 Å². The van der Waals surface area contributed by atoms with Gasteiger partial charge in [0, 0.05) is 12.5 Å². The summed E-state index contributed by atoms with van der Waals surface area (Å²) in [5.41, 5.74) is 0.611. The Hall–Kier alpha value is -1.91. The summed E-state index contributed by atoms with van der Waals surface area (Å²) >= 11 is 0. The first kappa shape index (κ1) is 12.5. The number of hydrogen-bond donors (Lipinski definition) is 1. The molecule has 1 unspecified atom stereocenters. The molecular formula is C13H16FN3O. The van der Waals surface area contributed by atoms with Gasteiger partial charge in [-0.1, -0.05) is 6.07 Å². The van der Waals surface area contributed by atoms with Crippen molar-refractivity contribution in [2.24, 2.45) is 0 Å². The van der Waals surface area contributed by atoms with Gasteiger partial charge in [-0.2, -0.15) is 5.10 Å². The second kappa shape index (κ2) is 5.16. The number of H-pyrrole nitrogens is 1. The first-order valence-corrected chi connectivity index (χ1v) is 5.85. The van der Waals surface area contributed by atoms with Crippen LogP contribution in [0.5, 0.6) is 5.75 Å². The highest BCUT2D eigenvalue weighted by molar-refractivity contribution is 5.28. The van der Waals surface area contributed by atoms with Crippen molar-refractivity contribution in [1.82, 2.24) is 15.2 Å². The Kier molecular flexibility index (Phi) is 3.60. The Bertz CT molecular complexity index is 539. The maximum Gasteiger partial charge on any atom is 0.154 e. The number of aromatic amines is 1. The normalized spacial score (nSPS) is 12.4. The van der Waals surface area contributed by atoms with Crippen molar-refractivity contribution in [3.8, 4) is 5.75 Å². The summed E-state index contributed by atoms with van der Waals surface area (Å²) in [6.45, 7) is 5.47. The van der Waals surface area contributed by atoms with Crippen LogP contribution in [0.15, 0.2) is 18.2 Å². The molecule has 1 N–H and O–H groups in total. The summed E-state index contributed by atoms with van der Waals surface area (Å²) in [4.78, 5) is 4.20. The van der Waals surface area contributed by atoms with Crippen LogP contribution in [-0.4, -0.2) is 21.3 Å². The zero-order valence-electron chi connectivity index (χ0n) is 10.7. The Morgan fingerprint density at radius 1 is 1.39 bits per heavy atom. The van der Waals surface area contributed by atoms with Crippen molar-refractivity contribution in [2.75, 3.05) is 0 Å². The first-order valence-electron chi connectivity index (χ1n) is 5.85. The lowest BCUT2D eigenvalue weighted by Gasteiger charge is -2.13. The van der Waals surface area contributed by atoms with Gasteiger partial charge in [-0.05, 0) is 32.4 Å². The average Bonchev–Trinajstić information content (AvgIpc) is 2.69. The van der Waals surface area contributed by atoms with Crippen LogP contribution in [0.4, 0.5) is 4.39 Å². The highest BCUT2D eigenvalue weighted by atomic mass is 19.1. The lowest BCUT2D eigenvalue weighted by atomic mass is 10.2. The predicted octanol–water partition coefficient (Wildman–Crippen LogP) is 2.57. The first-order chi connectivity index (χ1) is 8.54. The summed E-state index contributed by atoms with van der Waals surface area (Å²) in [5.74, 6) is 1.75. The third-order valence-corrected chi connectivity index (χ3v) is 2.59. The number of aromatic nitrogens is 3. The number of rotatable bonds is 4. The van der Waals surface area contributed by atoms with Crippen LogP contribution in [0, 0.1) is 19.7 Å². The Labute approximate surface area is 105 Å². The van der Waals surface area contributed by atoms with Crippen molar-refractivity contribution in [3.63, 3.8) is 0 Å². The van der Waals surface area contributed by atoms with Gasteiger partial charge in [0.2, 0.25) is 0 Å². The van der Waals surface area contributed by atoms with E-state index in [2.05, 4.69) is 15.2 Å². The van der Waals surface area contributed by atoms with Gasteiger partial charge in [0.1, 0.15) is 23.5 Å². The second-order valence-electron chi connectivity index (χ2n) is 4.38. The molecule has 96 valence electrons. The van der Waals surface area contributed by atoms with E-state index >= 15 is 0 Å². The minimum Gasteiger partial charge on any atom is -0.490 e. The lowest BCUT2D eigenvalue weighted by Crippen LogP contribution is -2.16. The summed E-state index contributed by atoms with van der Waals surface area (Å²) in [6, 6.07) is 4.86. The third-order valence-electron chi connectivity index (χ3n) is 2.59. The lowest BCUT2D eigenvalue weighted by molar-refractivity contribution is 0.218. The van der Waals surface area contributed by atoms with Crippen LogP contribution in [0.25, 0.3) is 0 Å². The Morgan fingerprint density at radius 2 is 2.17 bits per heavy atom. The van der Waals surface area contributed by atoms with Crippen molar-refractivity contribution < 1.29 is 9.13 Å². The van der Waals surface area contributed by atoms with Gasteiger partial charge in [-0.15, -0.1) is 0 Å². The predicted molar refractivity (Wildman–Crippen MR) is 66.1 cm³/mol. The van der Waals surface area contributed by atoms with Crippen molar-refractivity contribution in [1.29, 1.82) is 0 Å². The van der Waals surface area contributed by atoms with Crippen LogP contribution in [0.3, 0.4) is 0 Å². The van der Waals surface area contributed by atoms with E-state index in [0.717, 1.165) is 5.82 Å². The molecule has 0 aliphatic rings. The molecule has 1 aromatic carbocycles. The fourth-order valence-corrected chi connectivity index (χ4v) is 1.66. The molecule has 0 spiro atoms. The van der Waals surface area contributed by atoms with E-state index in [1.54, 1.807) is 19.1 Å². The summed E-state index contributed by atoms with van der Waals surface area (Å²) in [7, 11) is 0. The second-order valence-corrected chi connectivity index (χ2v) is 4.38. The molecule has 1 aromatic heterocycles. The number of nitrogens with zero attached hydrogens (tertiary/aromatic N) is 2. The van der Waals surface area contributed by atoms with Crippen molar-refractivity contribution >= 4 is 0 Å². The number of benzene rings is 1. The molecule has 0 bridgehead atoms. The zero-order valence-corrected chi connectivity index (χ0v) is 10.7. The van der Waals surface area contributed by atoms with Gasteiger partial charge in [0.25, 0.3) is 0 Å². The molecule has 5 heteroatoms. The molecule has 4 nitrogen and oxygen atoms in total. The maximum atomic E-state index is 13.4. The number of ether oxygens (including phenoxy) is 1. The standard InChI is InChI=1S/C13H16FN3O/c1-8-4-5-11(7-12(8)14)18-9(2)6-13-15-10(3)16-17-13/h4-5,7,9H,6H2,1-3H3,(H,15,16,17). The third kappa shape index (κ3) is 3.06. The molecule has 18 heavy (non-hydrogen) atoms. The number of halogens is 1. The largest absolute Gasteiger partial charge is 0.490 e. The molecule has 0 fully saturated rings. The van der Waals surface area contributed by atoms with Gasteiger partial charge in [0.15, 0.2) is 5.82 Å². The summed E-state index contributed by atoms with van der Waals surface area (Å²) in [6.07, 6.45) is 0.474. The number of hydrogen-bond acceptors (Lipinski definition) is 3. The van der Waals surface area contributed by atoms with E-state index < -0.39 is 0 Å². The van der Waals surface area contributed by atoms with E-state index in [4.69, 9.17) is 4.74 Å². The van der Waals surface area contributed by atoms with Crippen LogP contribution in [0.1, 0.15) is 24.1 Å². The summed E-state index contributed by atoms with van der Waals surface area (Å²) < 4.78 is 19.0. The van der Waals surface area contributed by atoms with Gasteiger partial charge in [-0.3, -0.25) is 5.10 Å². The fraction of sp³-hybridized carbons (Fsp3) is 0.385. The molecule has 0 saturated carbocycles. The van der Waals surface area contributed by atoms with E-state index in [-0.39, 0.29) is 11.9 Å². The van der Waals surface area contributed by atoms with E-state index in [1.165, 1.54) is 6.07 Å². The Morgan fingerprint density at radius 3 is 2.78 bits per heavy atom. The number of aryl methyl sites for hydroxylation is 2. The summed E-state index contributed by atoms with van der Waals surface area (Å²) in [5, 5.41) is 6.82. The molecule has 0 aliphatic heterocycles. The minimum absolute atomic E-state index is 0.109. The molecule has 1 atom stereocenters. The smallest absolute Gasteiger partial charge is 0.154 e. The molecule has 2 rings (SSSR count). The van der Waals surface area contributed by atoms with Crippen molar-refractivity contribution in [2.45, 2.75) is 33.3 Å². The molecule has 1 heterocycles. The highest BCUT2D eigenvalue weighted by Crippen LogP contribution is 2.17. The minimum atomic E-state index is -0.256. The average molecular weight is 249 g/mol. The van der Waals surface area contributed by atoms with Gasteiger partial charge < -0.3 is 4.74 Å². The molecular weight excluding hydrogens is 233 g/mol. The van der Waals surface area contributed by atoms with E-state index in [0.29, 0.717) is 23.6 Å². The molecule has 0 radical (unpaired) electrons. The molecule has 0 aliphatic carbocycles. The van der Waals surface area contributed by atoms with E-state index in [9.17, 15) is 4.39 Å². The fourth-order valence-electron chi connectivity index (χ4n) is 1.66.